The highest BCUT2D eigenvalue weighted by Gasteiger charge is 2.22. The van der Waals surface area contributed by atoms with Crippen LogP contribution in [0.2, 0.25) is 0 Å². The highest BCUT2D eigenvalue weighted by Crippen LogP contribution is 2.33. The van der Waals surface area contributed by atoms with Gasteiger partial charge in [-0.2, -0.15) is 0 Å². The van der Waals surface area contributed by atoms with Gasteiger partial charge in [-0.1, -0.05) is 17.8 Å². The summed E-state index contributed by atoms with van der Waals surface area (Å²) in [5, 5.41) is 18.5. The SMILES string of the molecule is O=C(O)c1ccc(Sc2ccccn2)c([N+](=O)O)c1. The van der Waals surface area contributed by atoms with E-state index in [0.717, 1.165) is 17.8 Å². The maximum absolute atomic E-state index is 11.1. The van der Waals surface area contributed by atoms with Gasteiger partial charge >= 0.3 is 11.7 Å². The fourth-order valence-electron chi connectivity index (χ4n) is 1.41. The van der Waals surface area contributed by atoms with Gasteiger partial charge < -0.3 is 5.11 Å². The highest BCUT2D eigenvalue weighted by molar-refractivity contribution is 7.99. The Morgan fingerprint density at radius 2 is 2.05 bits per heavy atom. The lowest BCUT2D eigenvalue weighted by molar-refractivity contribution is -0.731. The molecule has 19 heavy (non-hydrogen) atoms. The molecular weight excluding hydrogens is 268 g/mol. The quantitative estimate of drug-likeness (QED) is 0.835. The second-order valence-corrected chi connectivity index (χ2v) is 4.59. The molecule has 0 aliphatic carbocycles. The normalized spacial score (nSPS) is 10.1. The van der Waals surface area contributed by atoms with Crippen LogP contribution in [0.5, 0.6) is 0 Å². The lowest BCUT2D eigenvalue weighted by Crippen LogP contribution is -2.00. The van der Waals surface area contributed by atoms with E-state index in [-0.39, 0.29) is 16.2 Å². The van der Waals surface area contributed by atoms with E-state index in [2.05, 4.69) is 4.98 Å². The van der Waals surface area contributed by atoms with Crippen molar-refractivity contribution in [3.05, 3.63) is 53.1 Å². The molecular formula is C12H9N2O4S+. The summed E-state index contributed by atoms with van der Waals surface area (Å²) in [6.07, 6.45) is 1.60. The number of nitrogens with zero attached hydrogens (tertiary/aromatic N) is 2. The predicted molar refractivity (Wildman–Crippen MR) is 66.8 cm³/mol. The van der Waals surface area contributed by atoms with Gasteiger partial charge in [-0.3, -0.25) is 0 Å². The van der Waals surface area contributed by atoms with Crippen LogP contribution >= 0.6 is 11.8 Å². The van der Waals surface area contributed by atoms with E-state index in [1.807, 2.05) is 0 Å². The molecule has 0 unspecified atom stereocenters. The maximum Gasteiger partial charge on any atom is 0.335 e. The molecule has 0 saturated heterocycles. The van der Waals surface area contributed by atoms with E-state index in [1.165, 1.54) is 12.1 Å². The Hall–Kier alpha value is -2.41. The van der Waals surface area contributed by atoms with E-state index in [9.17, 15) is 9.70 Å². The molecule has 0 saturated carbocycles. The van der Waals surface area contributed by atoms with Gasteiger partial charge in [0.1, 0.15) is 5.03 Å². The van der Waals surface area contributed by atoms with E-state index in [0.29, 0.717) is 9.92 Å². The Morgan fingerprint density at radius 1 is 1.26 bits per heavy atom. The van der Waals surface area contributed by atoms with Crippen LogP contribution in [0.3, 0.4) is 0 Å². The van der Waals surface area contributed by atoms with Gasteiger partial charge in [0.25, 0.3) is 4.92 Å². The monoisotopic (exact) mass is 277 g/mol. The molecule has 0 atom stereocenters. The van der Waals surface area contributed by atoms with Gasteiger partial charge in [0, 0.05) is 12.3 Å². The lowest BCUT2D eigenvalue weighted by atomic mass is 10.2. The number of carboxylic acid groups (broad SMARTS) is 1. The van der Waals surface area contributed by atoms with Crippen LogP contribution in [-0.2, 0) is 0 Å². The van der Waals surface area contributed by atoms with Crippen LogP contribution in [0.15, 0.2) is 52.5 Å². The summed E-state index contributed by atoms with van der Waals surface area (Å²) >= 11 is 1.16. The Bertz CT molecular complexity index is 631. The van der Waals surface area contributed by atoms with Gasteiger partial charge in [0.05, 0.1) is 15.4 Å². The topological polar surface area (TPSA) is 90.5 Å². The number of benzene rings is 1. The molecule has 2 N–H and O–H groups in total. The van der Waals surface area contributed by atoms with Crippen LogP contribution < -0.4 is 0 Å². The summed E-state index contributed by atoms with van der Waals surface area (Å²) in [6.45, 7) is 0. The van der Waals surface area contributed by atoms with Gasteiger partial charge in [-0.05, 0) is 24.3 Å². The molecule has 0 bridgehead atoms. The Balaban J connectivity index is 2.40. The fraction of sp³-hybridized carbons (Fsp3) is 0. The summed E-state index contributed by atoms with van der Waals surface area (Å²) in [4.78, 5) is 26.0. The molecule has 0 radical (unpaired) electrons. The van der Waals surface area contributed by atoms with Crippen molar-refractivity contribution in [1.29, 1.82) is 0 Å². The van der Waals surface area contributed by atoms with E-state index >= 15 is 0 Å². The third-order valence-electron chi connectivity index (χ3n) is 2.26. The maximum atomic E-state index is 11.1. The van der Waals surface area contributed by atoms with Crippen LogP contribution in [0.25, 0.3) is 0 Å². The Kier molecular flexibility index (Phi) is 3.76. The molecule has 0 fully saturated rings. The molecule has 1 aromatic heterocycles. The minimum atomic E-state index is -1.17. The largest absolute Gasteiger partial charge is 0.478 e. The fourth-order valence-corrected chi connectivity index (χ4v) is 2.27. The molecule has 0 aliphatic rings. The molecule has 7 heteroatoms. The Morgan fingerprint density at radius 3 is 2.63 bits per heavy atom. The second kappa shape index (κ2) is 5.49. The average Bonchev–Trinajstić information content (AvgIpc) is 2.39. The number of aromatic carboxylic acids is 1. The number of carbonyl (C=O) groups is 1. The molecule has 2 aromatic rings. The van der Waals surface area contributed by atoms with Crippen LogP contribution in [0.1, 0.15) is 10.4 Å². The van der Waals surface area contributed by atoms with Crippen molar-refractivity contribution >= 4 is 23.4 Å². The van der Waals surface area contributed by atoms with Crippen LogP contribution in [0, 0.1) is 4.91 Å². The molecule has 0 aliphatic heterocycles. The van der Waals surface area contributed by atoms with Gasteiger partial charge in [-0.15, -0.1) is 0 Å². The van der Waals surface area contributed by atoms with Crippen molar-refractivity contribution in [3.8, 4) is 0 Å². The van der Waals surface area contributed by atoms with Crippen molar-refractivity contribution in [1.82, 2.24) is 4.98 Å². The first kappa shape index (κ1) is 13.0. The molecule has 0 spiro atoms. The number of hydrogen-bond donors (Lipinski definition) is 2. The number of aromatic nitrogens is 1. The predicted octanol–water partition coefficient (Wildman–Crippen LogP) is 2.73. The van der Waals surface area contributed by atoms with Crippen molar-refractivity contribution in [2.75, 3.05) is 0 Å². The number of hydrogen-bond acceptors (Lipinski definition) is 4. The Labute approximate surface area is 112 Å². The summed E-state index contributed by atoms with van der Waals surface area (Å²) < 4.78 is 0. The van der Waals surface area contributed by atoms with E-state index in [1.54, 1.807) is 24.4 Å². The van der Waals surface area contributed by atoms with Gasteiger partial charge in [-0.25, -0.2) is 15.0 Å². The average molecular weight is 277 g/mol. The third-order valence-corrected chi connectivity index (χ3v) is 3.28. The van der Waals surface area contributed by atoms with Crippen molar-refractivity contribution in [2.24, 2.45) is 0 Å². The molecule has 1 aromatic carbocycles. The van der Waals surface area contributed by atoms with Gasteiger partial charge in [0.15, 0.2) is 0 Å². The lowest BCUT2D eigenvalue weighted by Gasteiger charge is -2.01. The van der Waals surface area contributed by atoms with E-state index in [4.69, 9.17) is 10.3 Å². The van der Waals surface area contributed by atoms with Crippen LogP contribution in [0.4, 0.5) is 5.69 Å². The van der Waals surface area contributed by atoms with Crippen molar-refractivity contribution in [2.45, 2.75) is 9.92 Å². The number of rotatable bonds is 4. The molecule has 1 heterocycles. The first-order chi connectivity index (χ1) is 9.08. The first-order valence-corrected chi connectivity index (χ1v) is 6.02. The zero-order chi connectivity index (χ0) is 13.8. The second-order valence-electron chi connectivity index (χ2n) is 3.53. The smallest absolute Gasteiger partial charge is 0.335 e. The zero-order valence-electron chi connectivity index (χ0n) is 9.56. The number of carboxylic acids is 1. The summed E-state index contributed by atoms with van der Waals surface area (Å²) in [7, 11) is 0. The third kappa shape index (κ3) is 3.08. The first-order valence-electron chi connectivity index (χ1n) is 5.20. The minimum Gasteiger partial charge on any atom is -0.478 e. The molecule has 6 nitrogen and oxygen atoms in total. The number of pyridine rings is 1. The molecule has 0 amide bonds. The highest BCUT2D eigenvalue weighted by atomic mass is 32.2. The standard InChI is InChI=1S/C12H8N2O4S/c15-12(16)8-4-5-10(9(7-8)14(17)18)19-11-3-1-2-6-13-11/h1-7H,(H-,15,16,17,18)/p+1. The summed E-state index contributed by atoms with van der Waals surface area (Å²) in [5.41, 5.74) is -0.203. The van der Waals surface area contributed by atoms with Gasteiger partial charge in [0.2, 0.25) is 0 Å². The molecule has 2 rings (SSSR count). The summed E-state index contributed by atoms with van der Waals surface area (Å²) in [6, 6.07) is 9.21. The molecule has 96 valence electrons. The zero-order valence-corrected chi connectivity index (χ0v) is 10.4. The summed E-state index contributed by atoms with van der Waals surface area (Å²) in [5.74, 6) is -1.17. The van der Waals surface area contributed by atoms with Crippen molar-refractivity contribution < 1.29 is 20.0 Å². The van der Waals surface area contributed by atoms with Crippen molar-refractivity contribution in [3.63, 3.8) is 0 Å². The van der Waals surface area contributed by atoms with E-state index < -0.39 is 5.97 Å². The minimum absolute atomic E-state index is 0.0738. The van der Waals surface area contributed by atoms with Crippen LogP contribution in [-0.4, -0.2) is 26.2 Å².